The van der Waals surface area contributed by atoms with Crippen molar-refractivity contribution in [2.45, 2.75) is 33.2 Å². The zero-order valence-corrected chi connectivity index (χ0v) is 12.9. The first-order valence-electron chi connectivity index (χ1n) is 7.03. The van der Waals surface area contributed by atoms with E-state index < -0.39 is 0 Å². The Morgan fingerprint density at radius 2 is 2.00 bits per heavy atom. The van der Waals surface area contributed by atoms with Crippen LogP contribution in [0.25, 0.3) is 0 Å². The van der Waals surface area contributed by atoms with Crippen molar-refractivity contribution >= 4 is 11.9 Å². The molecule has 0 radical (unpaired) electrons. The molecule has 1 rings (SSSR count). The zero-order valence-electron chi connectivity index (χ0n) is 12.9. The number of nitrogens with zero attached hydrogens (tertiary/aromatic N) is 1. The molecule has 1 heterocycles. The van der Waals surface area contributed by atoms with Gasteiger partial charge in [-0.1, -0.05) is 20.8 Å². The van der Waals surface area contributed by atoms with Crippen molar-refractivity contribution in [3.8, 4) is 0 Å². The topological polar surface area (TPSA) is 84.7 Å². The van der Waals surface area contributed by atoms with Gasteiger partial charge < -0.3 is 15.8 Å². The van der Waals surface area contributed by atoms with E-state index in [4.69, 9.17) is 10.5 Å². The number of hydrogen-bond acceptors (Lipinski definition) is 5. The van der Waals surface area contributed by atoms with Gasteiger partial charge in [0.25, 0.3) is 0 Å². The lowest BCUT2D eigenvalue weighted by Crippen LogP contribution is -2.54. The largest absolute Gasteiger partial charge is 0.469 e. The number of likely N-dealkylation sites (tertiary alicyclic amines) is 1. The van der Waals surface area contributed by atoms with E-state index in [1.165, 1.54) is 7.11 Å². The molecule has 2 unspecified atom stereocenters. The third kappa shape index (κ3) is 5.88. The summed E-state index contributed by atoms with van der Waals surface area (Å²) < 4.78 is 4.83. The summed E-state index contributed by atoms with van der Waals surface area (Å²) in [6.45, 7) is 8.76. The summed E-state index contributed by atoms with van der Waals surface area (Å²) in [5, 5.41) is 3.47. The van der Waals surface area contributed by atoms with Crippen LogP contribution in [0.15, 0.2) is 0 Å². The summed E-state index contributed by atoms with van der Waals surface area (Å²) in [6.07, 6.45) is 0.734. The van der Waals surface area contributed by atoms with Gasteiger partial charge in [-0.3, -0.25) is 14.5 Å². The minimum Gasteiger partial charge on any atom is -0.469 e. The molecular weight excluding hydrogens is 258 g/mol. The van der Waals surface area contributed by atoms with E-state index in [0.29, 0.717) is 6.54 Å². The van der Waals surface area contributed by atoms with Crippen LogP contribution in [0.3, 0.4) is 0 Å². The van der Waals surface area contributed by atoms with Gasteiger partial charge in [0, 0.05) is 25.7 Å². The molecule has 1 fully saturated rings. The molecule has 1 amide bonds. The number of hydrogen-bond donors (Lipinski definition) is 2. The predicted octanol–water partition coefficient (Wildman–Crippen LogP) is -0.0291. The van der Waals surface area contributed by atoms with Gasteiger partial charge in [-0.2, -0.15) is 0 Å². The molecule has 20 heavy (non-hydrogen) atoms. The summed E-state index contributed by atoms with van der Waals surface area (Å²) in [5.41, 5.74) is 5.42. The fourth-order valence-electron chi connectivity index (χ4n) is 2.48. The van der Waals surface area contributed by atoms with Crippen LogP contribution in [0, 0.1) is 11.3 Å². The number of amides is 1. The summed E-state index contributed by atoms with van der Waals surface area (Å²) in [6, 6.07) is 0.173. The van der Waals surface area contributed by atoms with Gasteiger partial charge in [-0.15, -0.1) is 0 Å². The molecule has 0 saturated carbocycles. The standard InChI is InChI=1S/C14H27N3O3/c1-14(2,3)9-16-11-5-10(13(19)20-4)6-17(7-11)8-12(15)18/h10-11,16H,5-9H2,1-4H3,(H2,15,18). The molecule has 0 aromatic carbocycles. The first-order chi connectivity index (χ1) is 9.21. The van der Waals surface area contributed by atoms with E-state index in [0.717, 1.165) is 19.5 Å². The van der Waals surface area contributed by atoms with Gasteiger partial charge in [-0.25, -0.2) is 0 Å². The van der Waals surface area contributed by atoms with E-state index >= 15 is 0 Å². The van der Waals surface area contributed by atoms with E-state index in [1.54, 1.807) is 0 Å². The van der Waals surface area contributed by atoms with E-state index in [-0.39, 0.29) is 35.8 Å². The maximum absolute atomic E-state index is 11.8. The fraction of sp³-hybridized carbons (Fsp3) is 0.857. The van der Waals surface area contributed by atoms with Crippen molar-refractivity contribution in [1.82, 2.24) is 10.2 Å². The first-order valence-corrected chi connectivity index (χ1v) is 7.03. The molecule has 2 atom stereocenters. The lowest BCUT2D eigenvalue weighted by atomic mass is 9.92. The smallest absolute Gasteiger partial charge is 0.310 e. The van der Waals surface area contributed by atoms with Crippen molar-refractivity contribution in [2.75, 3.05) is 33.3 Å². The number of carbonyl (C=O) groups is 2. The number of ether oxygens (including phenoxy) is 1. The van der Waals surface area contributed by atoms with Crippen LogP contribution >= 0.6 is 0 Å². The number of rotatable bonds is 5. The highest BCUT2D eigenvalue weighted by Crippen LogP contribution is 2.19. The highest BCUT2D eigenvalue weighted by Gasteiger charge is 2.33. The normalized spacial score (nSPS) is 24.4. The number of primary amides is 1. The average Bonchev–Trinajstić information content (AvgIpc) is 2.33. The van der Waals surface area contributed by atoms with Crippen molar-refractivity contribution in [3.05, 3.63) is 0 Å². The molecule has 0 aliphatic carbocycles. The lowest BCUT2D eigenvalue weighted by molar-refractivity contribution is -0.148. The second kappa shape index (κ2) is 7.04. The highest BCUT2D eigenvalue weighted by atomic mass is 16.5. The van der Waals surface area contributed by atoms with Crippen molar-refractivity contribution < 1.29 is 14.3 Å². The lowest BCUT2D eigenvalue weighted by Gasteiger charge is -2.37. The van der Waals surface area contributed by atoms with Crippen LogP contribution in [0.4, 0.5) is 0 Å². The molecule has 0 aromatic heterocycles. The number of piperidine rings is 1. The van der Waals surface area contributed by atoms with E-state index in [1.807, 2.05) is 4.90 Å². The minimum atomic E-state index is -0.370. The Morgan fingerprint density at radius 1 is 1.35 bits per heavy atom. The van der Waals surface area contributed by atoms with Crippen LogP contribution in [-0.2, 0) is 14.3 Å². The van der Waals surface area contributed by atoms with Gasteiger partial charge in [-0.05, 0) is 11.8 Å². The Bertz CT molecular complexity index is 352. The van der Waals surface area contributed by atoms with Gasteiger partial charge in [0.1, 0.15) is 0 Å². The van der Waals surface area contributed by atoms with Gasteiger partial charge in [0.15, 0.2) is 0 Å². The molecule has 116 valence electrons. The molecular formula is C14H27N3O3. The predicted molar refractivity (Wildman–Crippen MR) is 77.0 cm³/mol. The minimum absolute atomic E-state index is 0.173. The number of methoxy groups -OCH3 is 1. The molecule has 6 nitrogen and oxygen atoms in total. The number of nitrogens with two attached hydrogens (primary N) is 1. The SMILES string of the molecule is COC(=O)C1CC(NCC(C)(C)C)CN(CC(N)=O)C1. The Hall–Kier alpha value is -1.14. The van der Waals surface area contributed by atoms with Crippen molar-refractivity contribution in [2.24, 2.45) is 17.1 Å². The fourth-order valence-corrected chi connectivity index (χ4v) is 2.48. The molecule has 1 saturated heterocycles. The second-order valence-corrected chi connectivity index (χ2v) is 6.75. The first kappa shape index (κ1) is 16.9. The Kier molecular flexibility index (Phi) is 5.95. The molecule has 0 spiro atoms. The molecule has 3 N–H and O–H groups in total. The Labute approximate surface area is 121 Å². The van der Waals surface area contributed by atoms with E-state index in [9.17, 15) is 9.59 Å². The van der Waals surface area contributed by atoms with E-state index in [2.05, 4.69) is 26.1 Å². The average molecular weight is 285 g/mol. The summed E-state index contributed by atoms with van der Waals surface area (Å²) in [7, 11) is 1.40. The number of esters is 1. The van der Waals surface area contributed by atoms with Crippen molar-refractivity contribution in [3.63, 3.8) is 0 Å². The maximum Gasteiger partial charge on any atom is 0.310 e. The third-order valence-corrected chi connectivity index (χ3v) is 3.36. The van der Waals surface area contributed by atoms with Crippen LogP contribution in [0.5, 0.6) is 0 Å². The highest BCUT2D eigenvalue weighted by molar-refractivity contribution is 5.76. The van der Waals surface area contributed by atoms with Crippen LogP contribution in [-0.4, -0.2) is 56.1 Å². The van der Waals surface area contributed by atoms with Crippen LogP contribution in [0.2, 0.25) is 0 Å². The van der Waals surface area contributed by atoms with Crippen LogP contribution in [0.1, 0.15) is 27.2 Å². The summed E-state index contributed by atoms with van der Waals surface area (Å²) >= 11 is 0. The van der Waals surface area contributed by atoms with Gasteiger partial charge in [0.2, 0.25) is 5.91 Å². The quantitative estimate of drug-likeness (QED) is 0.693. The van der Waals surface area contributed by atoms with Crippen LogP contribution < -0.4 is 11.1 Å². The van der Waals surface area contributed by atoms with Gasteiger partial charge in [0.05, 0.1) is 19.6 Å². The zero-order chi connectivity index (χ0) is 15.3. The van der Waals surface area contributed by atoms with Crippen molar-refractivity contribution in [1.29, 1.82) is 0 Å². The number of carbonyl (C=O) groups excluding carboxylic acids is 2. The Morgan fingerprint density at radius 3 is 2.50 bits per heavy atom. The summed E-state index contributed by atoms with van der Waals surface area (Å²) in [4.78, 5) is 24.8. The molecule has 0 bridgehead atoms. The third-order valence-electron chi connectivity index (χ3n) is 3.36. The molecule has 6 heteroatoms. The Balaban J connectivity index is 2.64. The molecule has 1 aliphatic heterocycles. The molecule has 1 aliphatic rings. The summed E-state index contributed by atoms with van der Waals surface area (Å²) in [5.74, 6) is -0.794. The second-order valence-electron chi connectivity index (χ2n) is 6.75. The number of nitrogens with one attached hydrogen (secondary N) is 1. The van der Waals surface area contributed by atoms with Gasteiger partial charge >= 0.3 is 5.97 Å². The molecule has 0 aromatic rings. The monoisotopic (exact) mass is 285 g/mol. The maximum atomic E-state index is 11.8.